The number of carbonyl (C=O) groups excluding carboxylic acids is 1. The van der Waals surface area contributed by atoms with E-state index in [2.05, 4.69) is 4.65 Å². The molecule has 1 aliphatic rings. The minimum Gasteiger partial charge on any atom is -0.505 e. The fraction of sp³-hybridized carbons (Fsp3) is 0. The second-order valence-electron chi connectivity index (χ2n) is 3.93. The average Bonchev–Trinajstić information content (AvgIpc) is 2.90. The molecule has 1 fully saturated rings. The highest BCUT2D eigenvalue weighted by Gasteiger charge is 2.22. The maximum absolute atomic E-state index is 12.3. The SMILES string of the molecule is O=C(/C=C/[C]1[CH][CH][CH][CH]1)c1cc(Cl)ccc1OB(F)F. The van der Waals surface area contributed by atoms with Gasteiger partial charge in [-0.1, -0.05) is 17.7 Å². The summed E-state index contributed by atoms with van der Waals surface area (Å²) < 4.78 is 28.9. The fourth-order valence-corrected chi connectivity index (χ4v) is 1.83. The largest absolute Gasteiger partial charge is 0.796 e. The lowest BCUT2D eigenvalue weighted by Gasteiger charge is -2.08. The molecule has 1 aromatic rings. The Balaban J connectivity index is 2.16. The summed E-state index contributed by atoms with van der Waals surface area (Å²) in [6.07, 6.45) is 10.2. The van der Waals surface area contributed by atoms with Crippen LogP contribution < -0.4 is 4.65 Å². The van der Waals surface area contributed by atoms with Crippen LogP contribution in [-0.4, -0.2) is 13.3 Å². The second-order valence-corrected chi connectivity index (χ2v) is 4.37. The first-order valence-corrected chi connectivity index (χ1v) is 6.12. The van der Waals surface area contributed by atoms with Crippen LogP contribution in [0.25, 0.3) is 0 Å². The Labute approximate surface area is 122 Å². The fourth-order valence-electron chi connectivity index (χ4n) is 1.66. The molecule has 1 aromatic carbocycles. The smallest absolute Gasteiger partial charge is 0.505 e. The van der Waals surface area contributed by atoms with Gasteiger partial charge in [-0.3, -0.25) is 4.79 Å². The van der Waals surface area contributed by atoms with Crippen molar-refractivity contribution in [2.75, 3.05) is 0 Å². The van der Waals surface area contributed by atoms with Crippen molar-refractivity contribution in [2.45, 2.75) is 0 Å². The summed E-state index contributed by atoms with van der Waals surface area (Å²) >= 11 is 5.78. The van der Waals surface area contributed by atoms with Crippen LogP contribution in [0.1, 0.15) is 10.4 Å². The van der Waals surface area contributed by atoms with Crippen LogP contribution in [0, 0.1) is 31.6 Å². The van der Waals surface area contributed by atoms with Gasteiger partial charge in [-0.2, -0.15) is 0 Å². The predicted molar refractivity (Wildman–Crippen MR) is 74.0 cm³/mol. The lowest BCUT2D eigenvalue weighted by atomic mass is 10.0. The van der Waals surface area contributed by atoms with Gasteiger partial charge in [0.2, 0.25) is 0 Å². The molecule has 0 aliphatic heterocycles. The molecule has 0 atom stereocenters. The maximum Gasteiger partial charge on any atom is 0.796 e. The highest BCUT2D eigenvalue weighted by molar-refractivity contribution is 6.36. The average molecular weight is 293 g/mol. The summed E-state index contributed by atoms with van der Waals surface area (Å²) in [7, 11) is -3.00. The molecule has 0 saturated heterocycles. The van der Waals surface area contributed by atoms with E-state index in [-0.39, 0.29) is 16.3 Å². The molecule has 0 unspecified atom stereocenters. The van der Waals surface area contributed by atoms with E-state index < -0.39 is 13.3 Å². The van der Waals surface area contributed by atoms with Gasteiger partial charge in [-0.25, -0.2) is 8.63 Å². The molecule has 0 heterocycles. The van der Waals surface area contributed by atoms with Gasteiger partial charge in [0.1, 0.15) is 5.75 Å². The number of hydrogen-bond donors (Lipinski definition) is 0. The highest BCUT2D eigenvalue weighted by atomic mass is 35.5. The van der Waals surface area contributed by atoms with E-state index in [1.54, 1.807) is 6.08 Å². The summed E-state index contributed by atoms with van der Waals surface area (Å²) in [4.78, 5) is 12.0. The predicted octanol–water partition coefficient (Wildman–Crippen LogP) is 3.79. The molecule has 20 heavy (non-hydrogen) atoms. The van der Waals surface area contributed by atoms with Crippen LogP contribution >= 0.6 is 11.6 Å². The van der Waals surface area contributed by atoms with Gasteiger partial charge in [0.25, 0.3) is 0 Å². The first kappa shape index (κ1) is 15.0. The van der Waals surface area contributed by atoms with Gasteiger partial charge >= 0.3 is 7.47 Å². The molecule has 0 aromatic heterocycles. The molecule has 1 aliphatic carbocycles. The van der Waals surface area contributed by atoms with Gasteiger partial charge in [0, 0.05) is 10.9 Å². The Kier molecular flexibility index (Phi) is 5.18. The lowest BCUT2D eigenvalue weighted by Crippen LogP contribution is -2.11. The molecule has 0 spiro atoms. The minimum absolute atomic E-state index is 0.000561. The van der Waals surface area contributed by atoms with Gasteiger partial charge in [0.05, 0.1) is 5.56 Å². The number of carbonyl (C=O) groups is 1. The third kappa shape index (κ3) is 4.07. The van der Waals surface area contributed by atoms with Gasteiger partial charge in [-0.15, -0.1) is 0 Å². The zero-order valence-electron chi connectivity index (χ0n) is 10.2. The molecule has 101 valence electrons. The molecular formula is C14H9BClF2O2. The number of rotatable bonds is 5. The van der Waals surface area contributed by atoms with Crippen molar-refractivity contribution >= 4 is 24.9 Å². The Morgan fingerprint density at radius 2 is 1.95 bits per heavy atom. The Bertz CT molecular complexity index is 514. The van der Waals surface area contributed by atoms with Crippen molar-refractivity contribution in [3.63, 3.8) is 0 Å². The Morgan fingerprint density at radius 3 is 2.60 bits per heavy atom. The molecule has 2 rings (SSSR count). The van der Waals surface area contributed by atoms with Crippen LogP contribution in [0.4, 0.5) is 8.63 Å². The maximum atomic E-state index is 12.3. The van der Waals surface area contributed by atoms with Crippen molar-refractivity contribution in [3.8, 4) is 5.75 Å². The van der Waals surface area contributed by atoms with Crippen LogP contribution in [0.2, 0.25) is 5.02 Å². The second kappa shape index (κ2) is 6.89. The van der Waals surface area contributed by atoms with Crippen molar-refractivity contribution in [2.24, 2.45) is 0 Å². The molecule has 0 bridgehead atoms. The van der Waals surface area contributed by atoms with Crippen molar-refractivity contribution in [1.29, 1.82) is 0 Å². The van der Waals surface area contributed by atoms with Gasteiger partial charge < -0.3 is 4.65 Å². The van der Waals surface area contributed by atoms with E-state index in [4.69, 9.17) is 11.6 Å². The summed E-state index contributed by atoms with van der Waals surface area (Å²) in [5, 5.41) is 0.275. The van der Waals surface area contributed by atoms with Crippen molar-refractivity contribution in [1.82, 2.24) is 0 Å². The minimum atomic E-state index is -3.00. The highest BCUT2D eigenvalue weighted by Crippen LogP contribution is 2.27. The Hall–Kier alpha value is -1.36. The van der Waals surface area contributed by atoms with Gasteiger partial charge in [-0.05, 0) is 50.0 Å². The topological polar surface area (TPSA) is 26.3 Å². The third-order valence-corrected chi connectivity index (χ3v) is 2.77. The van der Waals surface area contributed by atoms with E-state index in [1.807, 2.05) is 25.7 Å². The molecule has 5 radical (unpaired) electrons. The summed E-state index contributed by atoms with van der Waals surface area (Å²) in [6.45, 7) is 0. The van der Waals surface area contributed by atoms with E-state index in [0.29, 0.717) is 0 Å². The van der Waals surface area contributed by atoms with Crippen LogP contribution in [0.3, 0.4) is 0 Å². The number of allylic oxidation sites excluding steroid dienone is 2. The van der Waals surface area contributed by atoms with Crippen LogP contribution in [0.5, 0.6) is 5.75 Å². The van der Waals surface area contributed by atoms with E-state index in [1.165, 1.54) is 24.3 Å². The standard InChI is InChI=1S/C14H9BClF2O2/c16-11-6-8-14(20-15(17)18)12(9-11)13(19)7-5-10-3-1-2-4-10/h1-9H/b7-5+. The molecule has 0 N–H and O–H groups in total. The molecule has 6 heteroatoms. The van der Waals surface area contributed by atoms with E-state index >= 15 is 0 Å². The molecule has 1 saturated carbocycles. The molecular weight excluding hydrogens is 284 g/mol. The van der Waals surface area contributed by atoms with E-state index in [9.17, 15) is 13.4 Å². The molecule has 2 nitrogen and oxygen atoms in total. The molecule has 0 amide bonds. The monoisotopic (exact) mass is 293 g/mol. The number of hydrogen-bond acceptors (Lipinski definition) is 2. The van der Waals surface area contributed by atoms with Crippen LogP contribution in [0.15, 0.2) is 30.4 Å². The quantitative estimate of drug-likeness (QED) is 0.469. The van der Waals surface area contributed by atoms with Crippen LogP contribution in [-0.2, 0) is 0 Å². The summed E-state index contributed by atoms with van der Waals surface area (Å²) in [5.74, 6) is 0.197. The lowest BCUT2D eigenvalue weighted by molar-refractivity contribution is 0.104. The summed E-state index contributed by atoms with van der Waals surface area (Å²) in [6, 6.07) is 3.94. The number of benzene rings is 1. The Morgan fingerprint density at radius 1 is 1.25 bits per heavy atom. The third-order valence-electron chi connectivity index (χ3n) is 2.54. The van der Waals surface area contributed by atoms with Crippen molar-refractivity contribution in [3.05, 3.63) is 72.5 Å². The summed E-state index contributed by atoms with van der Waals surface area (Å²) in [5.41, 5.74) is 0.000561. The number of halogens is 3. The number of ketones is 1. The zero-order valence-corrected chi connectivity index (χ0v) is 11.0. The van der Waals surface area contributed by atoms with Crippen molar-refractivity contribution < 1.29 is 18.1 Å². The normalized spacial score (nSPS) is 15.8. The first-order chi connectivity index (χ1) is 9.56. The van der Waals surface area contributed by atoms with E-state index in [0.717, 1.165) is 5.92 Å². The van der Waals surface area contributed by atoms with Gasteiger partial charge in [0.15, 0.2) is 5.78 Å². The zero-order chi connectivity index (χ0) is 14.5. The first-order valence-electron chi connectivity index (χ1n) is 5.75.